The SMILES string of the molecule is CC(O)c1csc(C2(C)CCCC2)n1. The first-order valence-corrected chi connectivity index (χ1v) is 6.14. The molecule has 1 atom stereocenters. The molecule has 1 unspecified atom stereocenters. The van der Waals surface area contributed by atoms with Gasteiger partial charge in [-0.05, 0) is 19.8 Å². The minimum absolute atomic E-state index is 0.289. The topological polar surface area (TPSA) is 33.1 Å². The summed E-state index contributed by atoms with van der Waals surface area (Å²) in [6, 6.07) is 0. The molecule has 0 amide bonds. The van der Waals surface area contributed by atoms with Gasteiger partial charge in [0, 0.05) is 10.8 Å². The second-order valence-electron chi connectivity index (χ2n) is 4.52. The van der Waals surface area contributed by atoms with Crippen molar-refractivity contribution < 1.29 is 5.11 Å². The van der Waals surface area contributed by atoms with Gasteiger partial charge in [-0.25, -0.2) is 4.98 Å². The lowest BCUT2D eigenvalue weighted by molar-refractivity contribution is 0.194. The third-order valence-corrected chi connectivity index (χ3v) is 4.34. The molecular weight excluding hydrogens is 194 g/mol. The molecule has 2 rings (SSSR count). The molecule has 2 nitrogen and oxygen atoms in total. The summed E-state index contributed by atoms with van der Waals surface area (Å²) in [7, 11) is 0. The largest absolute Gasteiger partial charge is 0.387 e. The molecule has 0 aromatic carbocycles. The number of rotatable bonds is 2. The standard InChI is InChI=1S/C11H17NOS/c1-8(13)9-7-14-10(12-9)11(2)5-3-4-6-11/h7-8,13H,3-6H2,1-2H3. The van der Waals surface area contributed by atoms with Gasteiger partial charge in [0.25, 0.3) is 0 Å². The number of thiazole rings is 1. The average Bonchev–Trinajstić information content (AvgIpc) is 2.71. The summed E-state index contributed by atoms with van der Waals surface area (Å²) in [4.78, 5) is 4.53. The minimum atomic E-state index is -0.426. The van der Waals surface area contributed by atoms with Gasteiger partial charge in [0.1, 0.15) is 0 Å². The van der Waals surface area contributed by atoms with Crippen LogP contribution < -0.4 is 0 Å². The Hall–Kier alpha value is -0.410. The predicted molar refractivity (Wildman–Crippen MR) is 58.6 cm³/mol. The normalized spacial score (nSPS) is 22.5. The summed E-state index contributed by atoms with van der Waals surface area (Å²) in [6.45, 7) is 4.07. The van der Waals surface area contributed by atoms with Crippen LogP contribution in [-0.4, -0.2) is 10.1 Å². The highest BCUT2D eigenvalue weighted by molar-refractivity contribution is 7.09. The fourth-order valence-corrected chi connectivity index (χ4v) is 3.25. The fraction of sp³-hybridized carbons (Fsp3) is 0.727. The Balaban J connectivity index is 2.23. The summed E-state index contributed by atoms with van der Waals surface area (Å²) in [5, 5.41) is 12.6. The molecule has 0 bridgehead atoms. The maximum absolute atomic E-state index is 9.41. The van der Waals surface area contributed by atoms with Crippen molar-refractivity contribution >= 4 is 11.3 Å². The van der Waals surface area contributed by atoms with E-state index in [1.165, 1.54) is 30.7 Å². The molecule has 0 spiro atoms. The predicted octanol–water partition coefficient (Wildman–Crippen LogP) is 3.03. The number of aliphatic hydroxyl groups excluding tert-OH is 1. The number of hydrogen-bond acceptors (Lipinski definition) is 3. The molecule has 1 N–H and O–H groups in total. The molecule has 0 saturated heterocycles. The first kappa shape index (κ1) is 10.1. The summed E-state index contributed by atoms with van der Waals surface area (Å²) in [6.07, 6.45) is 4.71. The smallest absolute Gasteiger partial charge is 0.0988 e. The van der Waals surface area contributed by atoms with Crippen LogP contribution in [-0.2, 0) is 5.41 Å². The molecule has 78 valence electrons. The van der Waals surface area contributed by atoms with Crippen LogP contribution in [0.3, 0.4) is 0 Å². The van der Waals surface area contributed by atoms with Crippen molar-refractivity contribution in [3.8, 4) is 0 Å². The van der Waals surface area contributed by atoms with Crippen molar-refractivity contribution in [1.29, 1.82) is 0 Å². The van der Waals surface area contributed by atoms with Crippen LogP contribution in [0.5, 0.6) is 0 Å². The van der Waals surface area contributed by atoms with E-state index in [0.29, 0.717) is 0 Å². The first-order chi connectivity index (χ1) is 6.62. The van der Waals surface area contributed by atoms with Crippen LogP contribution in [0.1, 0.15) is 56.3 Å². The van der Waals surface area contributed by atoms with Gasteiger partial charge < -0.3 is 5.11 Å². The van der Waals surface area contributed by atoms with Crippen molar-refractivity contribution in [3.63, 3.8) is 0 Å². The first-order valence-electron chi connectivity index (χ1n) is 5.26. The molecular formula is C11H17NOS. The molecule has 1 aliphatic carbocycles. The second-order valence-corrected chi connectivity index (χ2v) is 5.38. The highest BCUT2D eigenvalue weighted by atomic mass is 32.1. The van der Waals surface area contributed by atoms with E-state index < -0.39 is 6.10 Å². The molecule has 1 fully saturated rings. The molecule has 0 aliphatic heterocycles. The van der Waals surface area contributed by atoms with Gasteiger partial charge in [0.05, 0.1) is 16.8 Å². The van der Waals surface area contributed by atoms with Gasteiger partial charge >= 0.3 is 0 Å². The highest BCUT2D eigenvalue weighted by Crippen LogP contribution is 2.42. The van der Waals surface area contributed by atoms with Crippen LogP contribution >= 0.6 is 11.3 Å². The molecule has 0 radical (unpaired) electrons. The van der Waals surface area contributed by atoms with Crippen LogP contribution in [0.25, 0.3) is 0 Å². The Kier molecular flexibility index (Phi) is 2.62. The molecule has 14 heavy (non-hydrogen) atoms. The molecule has 1 aliphatic rings. The third kappa shape index (κ3) is 1.71. The lowest BCUT2D eigenvalue weighted by Gasteiger charge is -2.19. The number of aliphatic hydroxyl groups is 1. The van der Waals surface area contributed by atoms with E-state index in [9.17, 15) is 5.11 Å². The van der Waals surface area contributed by atoms with Gasteiger partial charge in [0.2, 0.25) is 0 Å². The van der Waals surface area contributed by atoms with E-state index in [0.717, 1.165) is 5.69 Å². The van der Waals surface area contributed by atoms with Crippen molar-refractivity contribution in [1.82, 2.24) is 4.98 Å². The fourth-order valence-electron chi connectivity index (χ4n) is 2.12. The summed E-state index contributed by atoms with van der Waals surface area (Å²) < 4.78 is 0. The van der Waals surface area contributed by atoms with Crippen molar-refractivity contribution in [2.45, 2.75) is 51.0 Å². The van der Waals surface area contributed by atoms with E-state index in [2.05, 4.69) is 11.9 Å². The Morgan fingerprint density at radius 3 is 2.64 bits per heavy atom. The van der Waals surface area contributed by atoms with Crippen molar-refractivity contribution in [2.75, 3.05) is 0 Å². The Morgan fingerprint density at radius 2 is 2.14 bits per heavy atom. The molecule has 1 aromatic rings. The van der Waals surface area contributed by atoms with Crippen LogP contribution in [0, 0.1) is 0 Å². The monoisotopic (exact) mass is 211 g/mol. The number of hydrogen-bond donors (Lipinski definition) is 1. The quantitative estimate of drug-likeness (QED) is 0.815. The average molecular weight is 211 g/mol. The second kappa shape index (κ2) is 3.63. The van der Waals surface area contributed by atoms with E-state index in [1.54, 1.807) is 18.3 Å². The molecule has 1 aromatic heterocycles. The summed E-state index contributed by atoms with van der Waals surface area (Å²) in [5.74, 6) is 0. The highest BCUT2D eigenvalue weighted by Gasteiger charge is 2.33. The van der Waals surface area contributed by atoms with Gasteiger partial charge in [-0.2, -0.15) is 0 Å². The van der Waals surface area contributed by atoms with Gasteiger partial charge in [-0.15, -0.1) is 11.3 Å². The Morgan fingerprint density at radius 1 is 1.50 bits per heavy atom. The molecule has 1 heterocycles. The molecule has 3 heteroatoms. The lowest BCUT2D eigenvalue weighted by atomic mass is 9.90. The van der Waals surface area contributed by atoms with E-state index >= 15 is 0 Å². The minimum Gasteiger partial charge on any atom is -0.387 e. The Labute approximate surface area is 89.0 Å². The van der Waals surface area contributed by atoms with E-state index in [-0.39, 0.29) is 5.41 Å². The maximum atomic E-state index is 9.41. The van der Waals surface area contributed by atoms with E-state index in [4.69, 9.17) is 0 Å². The van der Waals surface area contributed by atoms with Crippen molar-refractivity contribution in [2.24, 2.45) is 0 Å². The Bertz CT molecular complexity index is 313. The summed E-state index contributed by atoms with van der Waals surface area (Å²) in [5.41, 5.74) is 1.12. The van der Waals surface area contributed by atoms with Gasteiger partial charge in [0.15, 0.2) is 0 Å². The van der Waals surface area contributed by atoms with Gasteiger partial charge in [-0.1, -0.05) is 19.8 Å². The zero-order valence-electron chi connectivity index (χ0n) is 8.79. The zero-order valence-corrected chi connectivity index (χ0v) is 9.60. The molecule has 1 saturated carbocycles. The lowest BCUT2D eigenvalue weighted by Crippen LogP contribution is -2.16. The van der Waals surface area contributed by atoms with Crippen LogP contribution in [0.4, 0.5) is 0 Å². The number of aromatic nitrogens is 1. The van der Waals surface area contributed by atoms with E-state index in [1.807, 2.05) is 5.38 Å². The summed E-state index contributed by atoms with van der Waals surface area (Å²) >= 11 is 1.70. The van der Waals surface area contributed by atoms with Crippen LogP contribution in [0.15, 0.2) is 5.38 Å². The van der Waals surface area contributed by atoms with Crippen molar-refractivity contribution in [3.05, 3.63) is 16.1 Å². The van der Waals surface area contributed by atoms with Crippen LogP contribution in [0.2, 0.25) is 0 Å². The third-order valence-electron chi connectivity index (χ3n) is 3.17. The maximum Gasteiger partial charge on any atom is 0.0988 e. The van der Waals surface area contributed by atoms with Gasteiger partial charge in [-0.3, -0.25) is 0 Å². The number of nitrogens with zero attached hydrogens (tertiary/aromatic N) is 1. The zero-order chi connectivity index (χ0) is 10.2.